The summed E-state index contributed by atoms with van der Waals surface area (Å²) >= 11 is 0. The molecule has 3 N–H and O–H groups in total. The molecule has 2 heterocycles. The Labute approximate surface area is 187 Å². The maximum atomic E-state index is 14.9. The molecule has 0 fully saturated rings. The largest absolute Gasteiger partial charge is 0.420 e. The number of rotatable bonds is 7. The summed E-state index contributed by atoms with van der Waals surface area (Å²) in [6.07, 6.45) is 0.657. The highest BCUT2D eigenvalue weighted by atomic mass is 32.2. The van der Waals surface area contributed by atoms with Gasteiger partial charge >= 0.3 is 5.76 Å². The predicted octanol–water partition coefficient (Wildman–Crippen LogP) is 3.18. The quantitative estimate of drug-likeness (QED) is 0.397. The molecule has 0 aliphatic heterocycles. The number of hydrogen-bond acceptors (Lipinski definition) is 6. The number of hydrogen-bond donors (Lipinski definition) is 2. The summed E-state index contributed by atoms with van der Waals surface area (Å²) in [4.78, 5) is 15.2. The summed E-state index contributed by atoms with van der Waals surface area (Å²) < 4.78 is 62.1. The van der Waals surface area contributed by atoms with Crippen molar-refractivity contribution in [2.75, 3.05) is 11.3 Å². The first kappa shape index (κ1) is 22.6. The minimum atomic E-state index is -4.48. The van der Waals surface area contributed by atoms with E-state index in [0.717, 1.165) is 29.3 Å². The third-order valence-corrected chi connectivity index (χ3v) is 6.53. The number of sulfonamides is 1. The van der Waals surface area contributed by atoms with Gasteiger partial charge < -0.3 is 10.2 Å². The van der Waals surface area contributed by atoms with Crippen LogP contribution in [0.3, 0.4) is 0 Å². The first-order valence-corrected chi connectivity index (χ1v) is 11.5. The molecule has 0 spiro atoms. The van der Waals surface area contributed by atoms with Gasteiger partial charge in [-0.25, -0.2) is 22.6 Å². The standard InChI is InChI=1S/C22H20F2N4O4S/c1-13(15-5-2-4-14(10-15)8-9-25)28-17-11-16(23)19(12-18(17)32-22(28)29)33(30,31)27-21-7-3-6-20(24)26-21/h2-7,10-13H,8-9,25H2,1H3,(H,26,27). The monoisotopic (exact) mass is 474 g/mol. The lowest BCUT2D eigenvalue weighted by atomic mass is 10.0. The Bertz CT molecular complexity index is 1500. The molecule has 172 valence electrons. The molecule has 11 heteroatoms. The second-order valence-electron chi connectivity index (χ2n) is 7.40. The fourth-order valence-electron chi connectivity index (χ4n) is 3.59. The molecule has 8 nitrogen and oxygen atoms in total. The van der Waals surface area contributed by atoms with Crippen LogP contribution >= 0.6 is 0 Å². The van der Waals surface area contributed by atoms with Crippen molar-refractivity contribution in [1.82, 2.24) is 9.55 Å². The SMILES string of the molecule is CC(c1cccc(CCN)c1)n1c(=O)oc2cc(S(=O)(=O)Nc3cccc(F)n3)c(F)cc21. The molecule has 0 bridgehead atoms. The number of nitrogens with zero attached hydrogens (tertiary/aromatic N) is 2. The molecular formula is C22H20F2N4O4S. The number of anilines is 1. The molecule has 1 atom stereocenters. The van der Waals surface area contributed by atoms with Crippen LogP contribution in [-0.2, 0) is 16.4 Å². The molecule has 0 saturated heterocycles. The van der Waals surface area contributed by atoms with E-state index < -0.39 is 38.5 Å². The minimum absolute atomic E-state index is 0.0945. The topological polar surface area (TPSA) is 120 Å². The van der Waals surface area contributed by atoms with E-state index in [0.29, 0.717) is 13.0 Å². The Balaban J connectivity index is 1.76. The number of fused-ring (bicyclic) bond motifs is 1. The number of nitrogens with two attached hydrogens (primary N) is 1. The fourth-order valence-corrected chi connectivity index (χ4v) is 4.67. The maximum Gasteiger partial charge on any atom is 0.420 e. The van der Waals surface area contributed by atoms with Crippen LogP contribution in [0, 0.1) is 11.8 Å². The zero-order valence-electron chi connectivity index (χ0n) is 17.5. The Kier molecular flexibility index (Phi) is 6.00. The third kappa shape index (κ3) is 4.50. The zero-order valence-corrected chi connectivity index (χ0v) is 18.3. The number of halogens is 2. The molecule has 1 unspecified atom stereocenters. The highest BCUT2D eigenvalue weighted by Gasteiger charge is 2.25. The first-order chi connectivity index (χ1) is 15.7. The van der Waals surface area contributed by atoms with Gasteiger partial charge in [0.15, 0.2) is 5.58 Å². The van der Waals surface area contributed by atoms with Gasteiger partial charge in [0.25, 0.3) is 10.0 Å². The first-order valence-electron chi connectivity index (χ1n) is 9.98. The van der Waals surface area contributed by atoms with E-state index in [-0.39, 0.29) is 16.9 Å². The summed E-state index contributed by atoms with van der Waals surface area (Å²) in [7, 11) is -4.48. The average Bonchev–Trinajstić information content (AvgIpc) is 3.07. The normalized spacial score (nSPS) is 12.7. The van der Waals surface area contributed by atoms with Crippen molar-refractivity contribution >= 4 is 26.9 Å². The number of aromatic nitrogens is 2. The second kappa shape index (κ2) is 8.75. The van der Waals surface area contributed by atoms with Gasteiger partial charge in [0.2, 0.25) is 5.95 Å². The summed E-state index contributed by atoms with van der Waals surface area (Å²) in [5.41, 5.74) is 7.36. The van der Waals surface area contributed by atoms with E-state index >= 15 is 0 Å². The molecule has 0 aliphatic carbocycles. The molecule has 0 radical (unpaired) electrons. The van der Waals surface area contributed by atoms with Gasteiger partial charge in [-0.05, 0) is 43.1 Å². The van der Waals surface area contributed by atoms with Crippen molar-refractivity contribution in [2.45, 2.75) is 24.3 Å². The predicted molar refractivity (Wildman–Crippen MR) is 118 cm³/mol. The summed E-state index contributed by atoms with van der Waals surface area (Å²) in [6.45, 7) is 2.21. The van der Waals surface area contributed by atoms with Crippen molar-refractivity contribution in [3.8, 4) is 0 Å². The van der Waals surface area contributed by atoms with E-state index in [1.165, 1.54) is 16.7 Å². The molecule has 4 aromatic rings. The zero-order chi connectivity index (χ0) is 23.8. The molecule has 33 heavy (non-hydrogen) atoms. The molecule has 2 aromatic carbocycles. The van der Waals surface area contributed by atoms with Gasteiger partial charge in [0.1, 0.15) is 16.5 Å². The van der Waals surface area contributed by atoms with Crippen LogP contribution in [0.1, 0.15) is 24.1 Å². The third-order valence-electron chi connectivity index (χ3n) is 5.16. The van der Waals surface area contributed by atoms with Crippen LogP contribution < -0.4 is 16.2 Å². The van der Waals surface area contributed by atoms with E-state index in [1.807, 2.05) is 29.0 Å². The second-order valence-corrected chi connectivity index (χ2v) is 9.05. The van der Waals surface area contributed by atoms with Crippen LogP contribution in [-0.4, -0.2) is 24.5 Å². The van der Waals surface area contributed by atoms with Crippen LogP contribution in [0.4, 0.5) is 14.6 Å². The molecule has 4 rings (SSSR count). The maximum absolute atomic E-state index is 14.9. The van der Waals surface area contributed by atoms with E-state index in [2.05, 4.69) is 4.98 Å². The highest BCUT2D eigenvalue weighted by molar-refractivity contribution is 7.92. The summed E-state index contributed by atoms with van der Waals surface area (Å²) in [5, 5.41) is 0. The van der Waals surface area contributed by atoms with Gasteiger partial charge in [-0.2, -0.15) is 4.39 Å². The molecule has 0 aliphatic rings. The van der Waals surface area contributed by atoms with Crippen molar-refractivity contribution in [1.29, 1.82) is 0 Å². The Hall–Kier alpha value is -3.57. The molecule has 0 saturated carbocycles. The fraction of sp³-hybridized carbons (Fsp3) is 0.182. The number of pyridine rings is 1. The van der Waals surface area contributed by atoms with Crippen molar-refractivity contribution in [2.24, 2.45) is 5.73 Å². The van der Waals surface area contributed by atoms with Crippen LogP contribution in [0.5, 0.6) is 0 Å². The van der Waals surface area contributed by atoms with Crippen LogP contribution in [0.2, 0.25) is 0 Å². The van der Waals surface area contributed by atoms with Crippen molar-refractivity contribution < 1.29 is 21.6 Å². The number of oxazole rings is 1. The van der Waals surface area contributed by atoms with E-state index in [4.69, 9.17) is 10.2 Å². The van der Waals surface area contributed by atoms with Crippen molar-refractivity contribution in [3.63, 3.8) is 0 Å². The summed E-state index contributed by atoms with van der Waals surface area (Å²) in [6, 6.07) is 12.3. The van der Waals surface area contributed by atoms with Crippen molar-refractivity contribution in [3.05, 3.63) is 88.0 Å². The smallest absolute Gasteiger partial charge is 0.408 e. The number of benzene rings is 2. The van der Waals surface area contributed by atoms with Gasteiger partial charge in [-0.1, -0.05) is 30.3 Å². The highest BCUT2D eigenvalue weighted by Crippen LogP contribution is 2.28. The molecular weight excluding hydrogens is 454 g/mol. The van der Waals surface area contributed by atoms with Gasteiger partial charge in [0.05, 0.1) is 11.6 Å². The average molecular weight is 474 g/mol. The van der Waals surface area contributed by atoms with Crippen LogP contribution in [0.25, 0.3) is 11.1 Å². The Morgan fingerprint density at radius 3 is 2.64 bits per heavy atom. The Morgan fingerprint density at radius 2 is 1.91 bits per heavy atom. The lowest BCUT2D eigenvalue weighted by Gasteiger charge is -2.15. The minimum Gasteiger partial charge on any atom is -0.408 e. The van der Waals surface area contributed by atoms with Gasteiger partial charge in [0, 0.05) is 12.1 Å². The number of nitrogens with one attached hydrogen (secondary N) is 1. The summed E-state index contributed by atoms with van der Waals surface area (Å²) in [5.74, 6) is -3.10. The van der Waals surface area contributed by atoms with Gasteiger partial charge in [-0.3, -0.25) is 9.29 Å². The van der Waals surface area contributed by atoms with Crippen LogP contribution in [0.15, 0.2) is 68.7 Å². The molecule has 2 aromatic heterocycles. The molecule has 0 amide bonds. The lowest BCUT2D eigenvalue weighted by molar-refractivity contribution is 0.489. The Morgan fingerprint density at radius 1 is 1.15 bits per heavy atom. The van der Waals surface area contributed by atoms with E-state index in [1.54, 1.807) is 6.92 Å². The van der Waals surface area contributed by atoms with Gasteiger partial charge in [-0.15, -0.1) is 0 Å². The lowest BCUT2D eigenvalue weighted by Crippen LogP contribution is -2.19. The van der Waals surface area contributed by atoms with E-state index in [9.17, 15) is 22.0 Å².